The first-order chi connectivity index (χ1) is 17.6. The van der Waals surface area contributed by atoms with Crippen LogP contribution in [0.2, 0.25) is 0 Å². The van der Waals surface area contributed by atoms with Crippen molar-refractivity contribution >= 4 is 23.1 Å². The number of hydrogen-bond donors (Lipinski definition) is 0. The summed E-state index contributed by atoms with van der Waals surface area (Å²) in [6.45, 7) is 4.95. The van der Waals surface area contributed by atoms with Gasteiger partial charge in [0, 0.05) is 55.4 Å². The molecule has 0 N–H and O–H groups in total. The molecule has 8 heteroatoms. The van der Waals surface area contributed by atoms with Gasteiger partial charge in [0.1, 0.15) is 11.5 Å². The van der Waals surface area contributed by atoms with E-state index in [-0.39, 0.29) is 5.91 Å². The quantitative estimate of drug-likeness (QED) is 0.347. The van der Waals surface area contributed by atoms with Gasteiger partial charge < -0.3 is 19.3 Å². The van der Waals surface area contributed by atoms with Gasteiger partial charge >= 0.3 is 0 Å². The van der Waals surface area contributed by atoms with E-state index in [2.05, 4.69) is 57.6 Å². The van der Waals surface area contributed by atoms with Gasteiger partial charge in [-0.15, -0.1) is 0 Å². The lowest BCUT2D eigenvalue weighted by molar-refractivity contribution is 0.0746. The second kappa shape index (κ2) is 10.8. The largest absolute Gasteiger partial charge is 0.497 e. The maximum Gasteiger partial charge on any atom is 0.298 e. The number of piperazine rings is 1. The SMILES string of the molecule is COc1ccc(N2CCN(C(=O)c3cccc(Oc4nc(Cc5ccc(C)cc5)ns4)c3)CC2)cc1. The first kappa shape index (κ1) is 23.8. The van der Waals surface area contributed by atoms with E-state index >= 15 is 0 Å². The Morgan fingerprint density at radius 3 is 2.42 bits per heavy atom. The van der Waals surface area contributed by atoms with Gasteiger partial charge in [0.15, 0.2) is 5.82 Å². The molecule has 0 radical (unpaired) electrons. The van der Waals surface area contributed by atoms with Crippen LogP contribution in [0, 0.1) is 6.92 Å². The number of benzene rings is 3. The Morgan fingerprint density at radius 1 is 0.944 bits per heavy atom. The molecule has 0 unspecified atom stereocenters. The van der Waals surface area contributed by atoms with Crippen LogP contribution in [0.5, 0.6) is 16.7 Å². The van der Waals surface area contributed by atoms with Crippen molar-refractivity contribution in [1.82, 2.24) is 14.3 Å². The van der Waals surface area contributed by atoms with Crippen LogP contribution in [0.1, 0.15) is 27.3 Å². The highest BCUT2D eigenvalue weighted by atomic mass is 32.1. The molecule has 3 aromatic carbocycles. The third-order valence-electron chi connectivity index (χ3n) is 6.22. The zero-order chi connectivity index (χ0) is 24.9. The first-order valence-corrected chi connectivity index (χ1v) is 12.7. The van der Waals surface area contributed by atoms with Crippen molar-refractivity contribution in [2.24, 2.45) is 0 Å². The number of aromatic nitrogens is 2. The fourth-order valence-electron chi connectivity index (χ4n) is 4.18. The fraction of sp³-hybridized carbons (Fsp3) is 0.250. The third kappa shape index (κ3) is 5.66. The summed E-state index contributed by atoms with van der Waals surface area (Å²) in [5, 5.41) is 0.467. The number of rotatable bonds is 7. The number of ether oxygens (including phenoxy) is 2. The van der Waals surface area contributed by atoms with E-state index in [4.69, 9.17) is 9.47 Å². The molecular formula is C28H28N4O3S. The average molecular weight is 501 g/mol. The topological polar surface area (TPSA) is 67.8 Å². The summed E-state index contributed by atoms with van der Waals surface area (Å²) in [7, 11) is 1.66. The molecule has 1 fully saturated rings. The minimum absolute atomic E-state index is 0.00662. The lowest BCUT2D eigenvalue weighted by atomic mass is 10.1. The Bertz CT molecular complexity index is 1310. The van der Waals surface area contributed by atoms with Crippen LogP contribution in [-0.4, -0.2) is 53.5 Å². The zero-order valence-electron chi connectivity index (χ0n) is 20.4. The highest BCUT2D eigenvalue weighted by Crippen LogP contribution is 2.26. The summed E-state index contributed by atoms with van der Waals surface area (Å²) in [5.41, 5.74) is 4.12. The Kier molecular flexibility index (Phi) is 7.13. The summed E-state index contributed by atoms with van der Waals surface area (Å²) in [6.07, 6.45) is 0.654. The first-order valence-electron chi connectivity index (χ1n) is 11.9. The minimum atomic E-state index is 0.00662. The highest BCUT2D eigenvalue weighted by Gasteiger charge is 2.23. The van der Waals surface area contributed by atoms with Gasteiger partial charge in [0.2, 0.25) is 0 Å². The van der Waals surface area contributed by atoms with Crippen molar-refractivity contribution in [3.8, 4) is 16.7 Å². The predicted molar refractivity (Wildman–Crippen MR) is 142 cm³/mol. The minimum Gasteiger partial charge on any atom is -0.497 e. The number of anilines is 1. The van der Waals surface area contributed by atoms with Crippen LogP contribution >= 0.6 is 11.5 Å². The normalized spacial score (nSPS) is 13.5. The molecule has 7 nitrogen and oxygen atoms in total. The molecule has 2 heterocycles. The lowest BCUT2D eigenvalue weighted by Gasteiger charge is -2.36. The molecule has 0 atom stereocenters. The highest BCUT2D eigenvalue weighted by molar-refractivity contribution is 7.07. The van der Waals surface area contributed by atoms with Crippen LogP contribution in [0.25, 0.3) is 0 Å². The Labute approximate surface area is 215 Å². The summed E-state index contributed by atoms with van der Waals surface area (Å²) in [4.78, 5) is 21.9. The van der Waals surface area contributed by atoms with Gasteiger partial charge in [-0.25, -0.2) is 0 Å². The molecule has 0 aliphatic carbocycles. The fourth-order valence-corrected chi connectivity index (χ4v) is 4.75. The number of amides is 1. The van der Waals surface area contributed by atoms with Crippen molar-refractivity contribution in [1.29, 1.82) is 0 Å². The van der Waals surface area contributed by atoms with E-state index < -0.39 is 0 Å². The summed E-state index contributed by atoms with van der Waals surface area (Å²) in [6, 6.07) is 23.6. The van der Waals surface area contributed by atoms with E-state index in [9.17, 15) is 4.79 Å². The number of carbonyl (C=O) groups excluding carboxylic acids is 1. The molecule has 0 saturated carbocycles. The predicted octanol–water partition coefficient (Wildman–Crippen LogP) is 5.20. The Morgan fingerprint density at radius 2 is 1.69 bits per heavy atom. The summed E-state index contributed by atoms with van der Waals surface area (Å²) < 4.78 is 15.6. The number of hydrogen-bond acceptors (Lipinski definition) is 7. The van der Waals surface area contributed by atoms with Crippen LogP contribution in [0.3, 0.4) is 0 Å². The number of nitrogens with zero attached hydrogens (tertiary/aromatic N) is 4. The molecule has 4 aromatic rings. The van der Waals surface area contributed by atoms with Gasteiger partial charge in [-0.1, -0.05) is 35.9 Å². The van der Waals surface area contributed by atoms with Gasteiger partial charge in [0.05, 0.1) is 7.11 Å². The Hall–Kier alpha value is -3.91. The van der Waals surface area contributed by atoms with Crippen LogP contribution in [0.4, 0.5) is 5.69 Å². The number of aryl methyl sites for hydroxylation is 1. The molecule has 184 valence electrons. The standard InChI is InChI=1S/C28H28N4O3S/c1-20-6-8-21(9-7-20)18-26-29-28(36-30-26)35-25-5-3-4-22(19-25)27(33)32-16-14-31(15-17-32)23-10-12-24(34-2)13-11-23/h3-13,19H,14-18H2,1-2H3. The van der Waals surface area contributed by atoms with Crippen molar-refractivity contribution < 1.29 is 14.3 Å². The lowest BCUT2D eigenvalue weighted by Crippen LogP contribution is -2.48. The van der Waals surface area contributed by atoms with Gasteiger partial charge in [-0.3, -0.25) is 4.79 Å². The van der Waals surface area contributed by atoms with Crippen LogP contribution in [-0.2, 0) is 6.42 Å². The molecule has 1 aromatic heterocycles. The van der Waals surface area contributed by atoms with Crippen molar-refractivity contribution in [2.75, 3.05) is 38.2 Å². The van der Waals surface area contributed by atoms with Gasteiger partial charge in [-0.2, -0.15) is 9.36 Å². The molecule has 1 saturated heterocycles. The second-order valence-electron chi connectivity index (χ2n) is 8.75. The number of methoxy groups -OCH3 is 1. The molecule has 1 aliphatic rings. The molecule has 0 bridgehead atoms. The summed E-state index contributed by atoms with van der Waals surface area (Å²) in [5.74, 6) is 2.15. The molecular weight excluding hydrogens is 472 g/mol. The number of carbonyl (C=O) groups is 1. The van der Waals surface area contributed by atoms with E-state index in [1.807, 2.05) is 35.2 Å². The molecule has 36 heavy (non-hydrogen) atoms. The van der Waals surface area contributed by atoms with E-state index in [1.165, 1.54) is 17.1 Å². The van der Waals surface area contributed by atoms with Crippen LogP contribution in [0.15, 0.2) is 72.8 Å². The van der Waals surface area contributed by atoms with Gasteiger partial charge in [0.25, 0.3) is 11.1 Å². The maximum atomic E-state index is 13.2. The van der Waals surface area contributed by atoms with Crippen molar-refractivity contribution in [2.45, 2.75) is 13.3 Å². The zero-order valence-corrected chi connectivity index (χ0v) is 21.2. The smallest absolute Gasteiger partial charge is 0.298 e. The van der Waals surface area contributed by atoms with Crippen molar-refractivity contribution in [3.63, 3.8) is 0 Å². The van der Waals surface area contributed by atoms with Crippen molar-refractivity contribution in [3.05, 3.63) is 95.3 Å². The van der Waals surface area contributed by atoms with E-state index in [1.54, 1.807) is 13.2 Å². The molecule has 1 amide bonds. The maximum absolute atomic E-state index is 13.2. The van der Waals surface area contributed by atoms with E-state index in [0.717, 1.165) is 35.9 Å². The van der Waals surface area contributed by atoms with Gasteiger partial charge in [-0.05, 0) is 55.0 Å². The van der Waals surface area contributed by atoms with Crippen LogP contribution < -0.4 is 14.4 Å². The monoisotopic (exact) mass is 500 g/mol. The molecule has 0 spiro atoms. The third-order valence-corrected chi connectivity index (χ3v) is 6.86. The average Bonchev–Trinajstić information content (AvgIpc) is 3.36. The Balaban J connectivity index is 1.18. The van der Waals surface area contributed by atoms with E-state index in [0.29, 0.717) is 36.0 Å². The molecule has 5 rings (SSSR count). The molecule has 1 aliphatic heterocycles. The second-order valence-corrected chi connectivity index (χ2v) is 9.46. The summed E-state index contributed by atoms with van der Waals surface area (Å²) >= 11 is 1.22.